The molecule has 1 aliphatic rings. The van der Waals surface area contributed by atoms with Gasteiger partial charge in [-0.3, -0.25) is 14.5 Å². The summed E-state index contributed by atoms with van der Waals surface area (Å²) in [4.78, 5) is 15.0. The topological polar surface area (TPSA) is 78.9 Å². The number of rotatable bonds is 7. The lowest BCUT2D eigenvalue weighted by molar-refractivity contribution is -0.131. The first-order valence-corrected chi connectivity index (χ1v) is 11.0. The van der Waals surface area contributed by atoms with Crippen molar-refractivity contribution in [1.82, 2.24) is 15.2 Å². The van der Waals surface area contributed by atoms with Crippen LogP contribution in [0.5, 0.6) is 0 Å². The van der Waals surface area contributed by atoms with Crippen LogP contribution in [0.1, 0.15) is 24.5 Å². The maximum Gasteiger partial charge on any atom is 0.327 e. The average molecular weight is 464 g/mol. The molecule has 33 heavy (non-hydrogen) atoms. The van der Waals surface area contributed by atoms with Crippen LogP contribution in [-0.4, -0.2) is 32.9 Å². The van der Waals surface area contributed by atoms with E-state index in [4.69, 9.17) is 16.7 Å². The van der Waals surface area contributed by atoms with E-state index in [1.807, 2.05) is 37.3 Å². The minimum Gasteiger partial charge on any atom is -0.478 e. The van der Waals surface area contributed by atoms with E-state index in [1.165, 1.54) is 6.08 Å². The summed E-state index contributed by atoms with van der Waals surface area (Å²) in [6.07, 6.45) is 14.0. The number of aliphatic carboxylic acids is 1. The number of H-pyrrole nitrogens is 1. The lowest BCUT2D eigenvalue weighted by Gasteiger charge is -2.24. The number of pyridine rings is 1. The van der Waals surface area contributed by atoms with Crippen molar-refractivity contribution in [3.05, 3.63) is 95.0 Å². The Kier molecular flexibility index (Phi) is 6.84. The quantitative estimate of drug-likeness (QED) is 0.404. The Morgan fingerprint density at radius 1 is 1.30 bits per heavy atom. The summed E-state index contributed by atoms with van der Waals surface area (Å²) >= 11 is 6.49. The van der Waals surface area contributed by atoms with Crippen molar-refractivity contribution < 1.29 is 14.3 Å². The van der Waals surface area contributed by atoms with Gasteiger partial charge in [0, 0.05) is 41.8 Å². The van der Waals surface area contributed by atoms with Crippen LogP contribution in [0.4, 0.5) is 4.39 Å². The number of aromatic amines is 1. The molecular formula is C26H23ClFN3O2. The van der Waals surface area contributed by atoms with Gasteiger partial charge in [0.05, 0.1) is 23.4 Å². The highest BCUT2D eigenvalue weighted by atomic mass is 35.5. The minimum atomic E-state index is -0.975. The number of halogens is 2. The number of alkyl halides is 1. The van der Waals surface area contributed by atoms with Gasteiger partial charge in [-0.05, 0) is 46.4 Å². The van der Waals surface area contributed by atoms with Crippen molar-refractivity contribution in [1.29, 1.82) is 0 Å². The van der Waals surface area contributed by atoms with Gasteiger partial charge in [-0.1, -0.05) is 48.9 Å². The maximum absolute atomic E-state index is 13.8. The highest BCUT2D eigenvalue weighted by Crippen LogP contribution is 2.40. The highest BCUT2D eigenvalue weighted by molar-refractivity contribution is 6.32. The number of nitrogens with one attached hydrogen (secondary N) is 1. The Morgan fingerprint density at radius 2 is 2.15 bits per heavy atom. The normalized spacial score (nSPS) is 19.1. The molecule has 1 aliphatic carbocycles. The van der Waals surface area contributed by atoms with Crippen molar-refractivity contribution in [3.8, 4) is 0 Å². The second-order valence-electron chi connectivity index (χ2n) is 7.94. The second kappa shape index (κ2) is 9.96. The first-order valence-electron chi connectivity index (χ1n) is 10.6. The number of nitrogens with zero attached hydrogens (tertiary/aromatic N) is 2. The predicted octanol–water partition coefficient (Wildman–Crippen LogP) is 6.27. The Bertz CT molecular complexity index is 1310. The Balaban J connectivity index is 1.91. The molecule has 2 N–H and O–H groups in total. The smallest absolute Gasteiger partial charge is 0.327 e. The van der Waals surface area contributed by atoms with Gasteiger partial charge in [-0.2, -0.15) is 5.10 Å². The van der Waals surface area contributed by atoms with Crippen LogP contribution < -0.4 is 0 Å². The molecular weight excluding hydrogens is 441 g/mol. The zero-order chi connectivity index (χ0) is 23.4. The largest absolute Gasteiger partial charge is 0.478 e. The van der Waals surface area contributed by atoms with Gasteiger partial charge in [0.2, 0.25) is 0 Å². The first kappa shape index (κ1) is 22.7. The second-order valence-corrected chi connectivity index (χ2v) is 8.34. The number of benzene rings is 1. The molecule has 5 nitrogen and oxygen atoms in total. The van der Waals surface area contributed by atoms with Crippen molar-refractivity contribution >= 4 is 39.6 Å². The number of hydrogen-bond donors (Lipinski definition) is 2. The summed E-state index contributed by atoms with van der Waals surface area (Å²) in [5.74, 6) is -0.971. The summed E-state index contributed by atoms with van der Waals surface area (Å²) in [7, 11) is 0. The van der Waals surface area contributed by atoms with Crippen LogP contribution in [0.25, 0.3) is 22.0 Å². The molecule has 0 radical (unpaired) electrons. The number of carboxylic acids is 1. The zero-order valence-corrected chi connectivity index (χ0v) is 18.8. The standard InChI is InChI=1S/C26H23ClFN3O2/c1-16-12-18(3-2-17(16)5-7-25(32)33)26(19-4-6-24-20(13-19)14-30-31-24)22(8-10-28)21-9-11-29-15-23(21)27/h2-7,9,11-17H,8,10H2,1H3,(H,30,31)(H,32,33)/b7-5+,26-22+/t16-,17?/m0/s1. The third-order valence-electron chi connectivity index (χ3n) is 5.77. The number of hydrogen-bond acceptors (Lipinski definition) is 3. The fourth-order valence-corrected chi connectivity index (χ4v) is 4.39. The third-order valence-corrected chi connectivity index (χ3v) is 6.07. The van der Waals surface area contributed by atoms with Gasteiger partial charge in [0.25, 0.3) is 0 Å². The van der Waals surface area contributed by atoms with Gasteiger partial charge >= 0.3 is 5.97 Å². The minimum absolute atomic E-state index is 0.0448. The molecule has 0 saturated heterocycles. The first-order chi connectivity index (χ1) is 16.0. The molecule has 0 amide bonds. The zero-order valence-electron chi connectivity index (χ0n) is 18.0. The van der Waals surface area contributed by atoms with Gasteiger partial charge in [0.15, 0.2) is 0 Å². The highest BCUT2D eigenvalue weighted by Gasteiger charge is 2.22. The average Bonchev–Trinajstić information content (AvgIpc) is 3.26. The van der Waals surface area contributed by atoms with Crippen LogP contribution in [0.15, 0.2) is 78.8 Å². The van der Waals surface area contributed by atoms with Crippen molar-refractivity contribution in [2.24, 2.45) is 11.8 Å². The summed E-state index contributed by atoms with van der Waals surface area (Å²) in [5, 5.41) is 17.4. The molecule has 0 saturated carbocycles. The third kappa shape index (κ3) is 4.96. The molecule has 1 aromatic carbocycles. The van der Waals surface area contributed by atoms with E-state index in [-0.39, 0.29) is 18.3 Å². The van der Waals surface area contributed by atoms with Gasteiger partial charge in [-0.15, -0.1) is 0 Å². The van der Waals surface area contributed by atoms with E-state index < -0.39 is 12.6 Å². The van der Waals surface area contributed by atoms with Gasteiger partial charge in [0.1, 0.15) is 0 Å². The van der Waals surface area contributed by atoms with E-state index in [0.717, 1.165) is 38.7 Å². The SMILES string of the molecule is C[C@H]1C=C(/C(=C(/CCF)c2ccncc2Cl)c2ccc3[nH]ncc3c2)C=CC1/C=C/C(=O)O. The molecule has 0 bridgehead atoms. The fourth-order valence-electron chi connectivity index (χ4n) is 4.16. The molecule has 7 heteroatoms. The van der Waals surface area contributed by atoms with Crippen molar-refractivity contribution in [2.75, 3.05) is 6.67 Å². The van der Waals surface area contributed by atoms with E-state index in [2.05, 4.69) is 21.3 Å². The Morgan fingerprint density at radius 3 is 2.88 bits per heavy atom. The monoisotopic (exact) mass is 463 g/mol. The van der Waals surface area contributed by atoms with Crippen LogP contribution in [0.2, 0.25) is 5.02 Å². The van der Waals surface area contributed by atoms with Crippen LogP contribution in [-0.2, 0) is 4.79 Å². The number of aromatic nitrogens is 3. The molecule has 3 aromatic rings. The van der Waals surface area contributed by atoms with Gasteiger partial charge in [-0.25, -0.2) is 4.79 Å². The Labute approximate surface area is 196 Å². The number of allylic oxidation sites excluding steroid dienone is 7. The molecule has 1 unspecified atom stereocenters. The summed E-state index contributed by atoms with van der Waals surface area (Å²) in [6, 6.07) is 7.77. The molecule has 2 heterocycles. The van der Waals surface area contributed by atoms with Gasteiger partial charge < -0.3 is 5.11 Å². The van der Waals surface area contributed by atoms with Crippen LogP contribution >= 0.6 is 11.6 Å². The van der Waals surface area contributed by atoms with E-state index in [1.54, 1.807) is 30.7 Å². The van der Waals surface area contributed by atoms with E-state index in [9.17, 15) is 9.18 Å². The molecule has 2 aromatic heterocycles. The van der Waals surface area contributed by atoms with Crippen molar-refractivity contribution in [2.45, 2.75) is 13.3 Å². The van der Waals surface area contributed by atoms with Crippen LogP contribution in [0.3, 0.4) is 0 Å². The van der Waals surface area contributed by atoms with E-state index >= 15 is 0 Å². The number of carboxylic acid groups (broad SMARTS) is 1. The maximum atomic E-state index is 13.8. The molecule has 168 valence electrons. The summed E-state index contributed by atoms with van der Waals surface area (Å²) < 4.78 is 13.8. The molecule has 0 fully saturated rings. The number of carbonyl (C=O) groups is 1. The van der Waals surface area contributed by atoms with Crippen LogP contribution in [0, 0.1) is 11.8 Å². The van der Waals surface area contributed by atoms with E-state index in [0.29, 0.717) is 5.02 Å². The summed E-state index contributed by atoms with van der Waals surface area (Å²) in [5.41, 5.74) is 5.17. The predicted molar refractivity (Wildman–Crippen MR) is 129 cm³/mol. The summed E-state index contributed by atoms with van der Waals surface area (Å²) in [6.45, 7) is 1.49. The molecule has 2 atom stereocenters. The number of fused-ring (bicyclic) bond motifs is 1. The molecule has 0 spiro atoms. The molecule has 4 rings (SSSR count). The lowest BCUT2D eigenvalue weighted by atomic mass is 9.80. The Hall–Kier alpha value is -3.51. The fraction of sp³-hybridized carbons (Fsp3) is 0.192. The molecule has 0 aliphatic heterocycles. The lowest BCUT2D eigenvalue weighted by Crippen LogP contribution is -2.10. The van der Waals surface area contributed by atoms with Crippen molar-refractivity contribution in [3.63, 3.8) is 0 Å².